The van der Waals surface area contributed by atoms with Gasteiger partial charge in [0.15, 0.2) is 5.82 Å². The van der Waals surface area contributed by atoms with E-state index in [4.69, 9.17) is 0 Å². The molecule has 3 rings (SSSR count). The summed E-state index contributed by atoms with van der Waals surface area (Å²) in [6.07, 6.45) is 0. The first-order valence-corrected chi connectivity index (χ1v) is 6.62. The fourth-order valence-electron chi connectivity index (χ4n) is 1.83. The highest BCUT2D eigenvalue weighted by Crippen LogP contribution is 2.31. The fourth-order valence-corrected chi connectivity index (χ4v) is 2.66. The summed E-state index contributed by atoms with van der Waals surface area (Å²) in [5.74, 6) is 1.03. The number of hydrogen-bond donors (Lipinski definition) is 2. The molecule has 6 nitrogen and oxygen atoms in total. The second-order valence-electron chi connectivity index (χ2n) is 4.55. The Morgan fingerprint density at radius 3 is 2.42 bits per heavy atom. The number of nitrogens with zero attached hydrogens (tertiary/aromatic N) is 4. The van der Waals surface area contributed by atoms with Crippen molar-refractivity contribution in [2.75, 3.05) is 0 Å². The van der Waals surface area contributed by atoms with Crippen LogP contribution in [0.15, 0.2) is 18.2 Å². The van der Waals surface area contributed by atoms with Crippen molar-refractivity contribution in [3.05, 3.63) is 24.0 Å². The third kappa shape index (κ3) is 2.01. The first kappa shape index (κ1) is 11.9. The van der Waals surface area contributed by atoms with Gasteiger partial charge in [0.2, 0.25) is 4.96 Å². The van der Waals surface area contributed by atoms with Gasteiger partial charge in [0.05, 0.1) is 0 Å². The molecule has 7 heteroatoms. The van der Waals surface area contributed by atoms with Crippen LogP contribution in [0.4, 0.5) is 0 Å². The van der Waals surface area contributed by atoms with Crippen LogP contribution < -0.4 is 0 Å². The molecule has 0 saturated heterocycles. The molecule has 0 amide bonds. The van der Waals surface area contributed by atoms with E-state index in [9.17, 15) is 10.2 Å². The summed E-state index contributed by atoms with van der Waals surface area (Å²) >= 11 is 1.36. The SMILES string of the molecule is CC(C)c1nnc2sc(-c3cc(O)cc(O)c3)nn12. The lowest BCUT2D eigenvalue weighted by Gasteiger charge is -2.00. The Balaban J connectivity index is 2.15. The molecule has 0 aliphatic heterocycles. The van der Waals surface area contributed by atoms with Gasteiger partial charge in [-0.3, -0.25) is 0 Å². The van der Waals surface area contributed by atoms with Gasteiger partial charge < -0.3 is 10.2 Å². The normalized spacial score (nSPS) is 11.5. The lowest BCUT2D eigenvalue weighted by molar-refractivity contribution is 0.451. The monoisotopic (exact) mass is 276 g/mol. The van der Waals surface area contributed by atoms with E-state index in [-0.39, 0.29) is 17.4 Å². The number of phenols is 2. The van der Waals surface area contributed by atoms with E-state index in [0.717, 1.165) is 5.82 Å². The van der Waals surface area contributed by atoms with E-state index in [0.29, 0.717) is 15.5 Å². The van der Waals surface area contributed by atoms with Gasteiger partial charge in [0.1, 0.15) is 16.5 Å². The second kappa shape index (κ2) is 4.20. The average molecular weight is 276 g/mol. The van der Waals surface area contributed by atoms with Crippen molar-refractivity contribution in [2.24, 2.45) is 0 Å². The molecule has 0 atom stereocenters. The van der Waals surface area contributed by atoms with Crippen LogP contribution in [0.5, 0.6) is 11.5 Å². The van der Waals surface area contributed by atoms with Crippen LogP contribution in [0.1, 0.15) is 25.6 Å². The molecule has 2 aromatic heterocycles. The minimum absolute atomic E-state index is 0.00467. The molecule has 19 heavy (non-hydrogen) atoms. The van der Waals surface area contributed by atoms with Crippen LogP contribution in [0.25, 0.3) is 15.5 Å². The fraction of sp³-hybridized carbons (Fsp3) is 0.250. The number of aromatic nitrogens is 4. The van der Waals surface area contributed by atoms with E-state index in [1.54, 1.807) is 16.6 Å². The molecule has 0 unspecified atom stereocenters. The molecule has 0 radical (unpaired) electrons. The zero-order valence-corrected chi connectivity index (χ0v) is 11.2. The molecule has 3 aromatic rings. The molecule has 0 saturated carbocycles. The Labute approximate surface area is 113 Å². The van der Waals surface area contributed by atoms with Crippen molar-refractivity contribution in [3.63, 3.8) is 0 Å². The largest absolute Gasteiger partial charge is 0.508 e. The van der Waals surface area contributed by atoms with Crippen LogP contribution in [-0.4, -0.2) is 30.0 Å². The van der Waals surface area contributed by atoms with E-state index >= 15 is 0 Å². The molecule has 0 fully saturated rings. The van der Waals surface area contributed by atoms with Crippen LogP contribution in [-0.2, 0) is 0 Å². The van der Waals surface area contributed by atoms with E-state index < -0.39 is 0 Å². The minimum Gasteiger partial charge on any atom is -0.508 e. The van der Waals surface area contributed by atoms with Gasteiger partial charge in [-0.2, -0.15) is 9.61 Å². The predicted molar refractivity (Wildman–Crippen MR) is 71.5 cm³/mol. The predicted octanol–water partition coefficient (Wildman–Crippen LogP) is 2.39. The van der Waals surface area contributed by atoms with Gasteiger partial charge in [-0.15, -0.1) is 10.2 Å². The van der Waals surface area contributed by atoms with Gasteiger partial charge in [0, 0.05) is 17.5 Å². The molecule has 0 aliphatic carbocycles. The highest BCUT2D eigenvalue weighted by atomic mass is 32.1. The zero-order valence-electron chi connectivity index (χ0n) is 10.4. The lowest BCUT2D eigenvalue weighted by Crippen LogP contribution is -1.97. The van der Waals surface area contributed by atoms with E-state index in [2.05, 4.69) is 15.3 Å². The molecular formula is C12H12N4O2S. The van der Waals surface area contributed by atoms with Gasteiger partial charge in [-0.1, -0.05) is 25.2 Å². The van der Waals surface area contributed by atoms with Gasteiger partial charge in [0.25, 0.3) is 0 Å². The zero-order chi connectivity index (χ0) is 13.6. The Kier molecular flexibility index (Phi) is 2.63. The molecule has 2 N–H and O–H groups in total. The summed E-state index contributed by atoms with van der Waals surface area (Å²) in [7, 11) is 0. The smallest absolute Gasteiger partial charge is 0.234 e. The number of rotatable bonds is 2. The summed E-state index contributed by atoms with van der Waals surface area (Å²) in [5, 5.41) is 32.3. The highest BCUT2D eigenvalue weighted by molar-refractivity contribution is 7.19. The number of hydrogen-bond acceptors (Lipinski definition) is 6. The van der Waals surface area contributed by atoms with E-state index in [1.807, 2.05) is 13.8 Å². The van der Waals surface area contributed by atoms with Crippen molar-refractivity contribution in [1.82, 2.24) is 19.8 Å². The topological polar surface area (TPSA) is 83.5 Å². The van der Waals surface area contributed by atoms with Gasteiger partial charge >= 0.3 is 0 Å². The molecule has 0 bridgehead atoms. The third-order valence-corrected chi connectivity index (χ3v) is 3.63. The lowest BCUT2D eigenvalue weighted by atomic mass is 10.2. The number of phenolic OH excluding ortho intramolecular Hbond substituents is 2. The third-order valence-electron chi connectivity index (χ3n) is 2.68. The summed E-state index contributed by atoms with van der Waals surface area (Å²) < 4.78 is 1.70. The summed E-state index contributed by atoms with van der Waals surface area (Å²) in [5.41, 5.74) is 0.655. The summed E-state index contributed by atoms with van der Waals surface area (Å²) in [6.45, 7) is 4.05. The van der Waals surface area contributed by atoms with Crippen LogP contribution in [0.3, 0.4) is 0 Å². The quantitative estimate of drug-likeness (QED) is 0.750. The summed E-state index contributed by atoms with van der Waals surface area (Å²) in [4.78, 5) is 0.696. The van der Waals surface area contributed by atoms with Crippen LogP contribution in [0.2, 0.25) is 0 Å². The van der Waals surface area contributed by atoms with Crippen molar-refractivity contribution in [3.8, 4) is 22.1 Å². The Bertz CT molecular complexity index is 727. The second-order valence-corrected chi connectivity index (χ2v) is 5.51. The number of benzene rings is 1. The number of aromatic hydroxyl groups is 2. The Hall–Kier alpha value is -2.15. The first-order chi connectivity index (χ1) is 9.04. The molecule has 1 aromatic carbocycles. The van der Waals surface area contributed by atoms with E-state index in [1.165, 1.54) is 17.4 Å². The highest BCUT2D eigenvalue weighted by Gasteiger charge is 2.15. The maximum absolute atomic E-state index is 9.51. The minimum atomic E-state index is 0.00467. The maximum atomic E-state index is 9.51. The molecular weight excluding hydrogens is 264 g/mol. The van der Waals surface area contributed by atoms with Crippen molar-refractivity contribution < 1.29 is 10.2 Å². The Morgan fingerprint density at radius 2 is 1.79 bits per heavy atom. The van der Waals surface area contributed by atoms with Gasteiger partial charge in [-0.05, 0) is 12.1 Å². The molecule has 0 spiro atoms. The molecule has 2 heterocycles. The van der Waals surface area contributed by atoms with Crippen molar-refractivity contribution >= 4 is 16.3 Å². The molecule has 0 aliphatic rings. The maximum Gasteiger partial charge on any atom is 0.234 e. The van der Waals surface area contributed by atoms with Gasteiger partial charge in [-0.25, -0.2) is 0 Å². The van der Waals surface area contributed by atoms with Crippen LogP contribution in [0, 0.1) is 0 Å². The first-order valence-electron chi connectivity index (χ1n) is 5.80. The van der Waals surface area contributed by atoms with Crippen LogP contribution >= 0.6 is 11.3 Å². The van der Waals surface area contributed by atoms with Crippen molar-refractivity contribution in [1.29, 1.82) is 0 Å². The Morgan fingerprint density at radius 1 is 1.11 bits per heavy atom. The standard InChI is InChI=1S/C12H12N4O2S/c1-6(2)10-13-14-12-16(10)15-11(19-12)7-3-8(17)5-9(18)4-7/h3-6,17-18H,1-2H3. The van der Waals surface area contributed by atoms with Crippen molar-refractivity contribution in [2.45, 2.75) is 19.8 Å². The summed E-state index contributed by atoms with van der Waals surface area (Å²) in [6, 6.07) is 4.39. The molecule has 98 valence electrons. The average Bonchev–Trinajstić information content (AvgIpc) is 2.85. The number of fused-ring (bicyclic) bond motifs is 1.